The number of anilines is 1. The van der Waals surface area contributed by atoms with E-state index in [4.69, 9.17) is 10.5 Å². The van der Waals surface area contributed by atoms with Gasteiger partial charge in [-0.15, -0.1) is 0 Å². The first-order chi connectivity index (χ1) is 16.6. The lowest BCUT2D eigenvalue weighted by molar-refractivity contribution is 0.0297. The maximum absolute atomic E-state index is 11.5. The summed E-state index contributed by atoms with van der Waals surface area (Å²) in [6.45, 7) is 5.74. The minimum Gasteiger partial charge on any atom is -0.373 e. The second-order valence-electron chi connectivity index (χ2n) is 9.18. The molecule has 5 rings (SSSR count). The maximum atomic E-state index is 11.5. The van der Waals surface area contributed by atoms with E-state index < -0.39 is 0 Å². The van der Waals surface area contributed by atoms with Gasteiger partial charge >= 0.3 is 0 Å². The first-order valence-electron chi connectivity index (χ1n) is 12.1. The number of amides is 1. The summed E-state index contributed by atoms with van der Waals surface area (Å²) in [7, 11) is 0. The van der Waals surface area contributed by atoms with Crippen LogP contribution in [0.3, 0.4) is 0 Å². The summed E-state index contributed by atoms with van der Waals surface area (Å²) in [4.78, 5) is 16.5. The predicted molar refractivity (Wildman–Crippen MR) is 134 cm³/mol. The van der Waals surface area contributed by atoms with Crippen LogP contribution in [0.1, 0.15) is 46.0 Å². The molecule has 0 bridgehead atoms. The van der Waals surface area contributed by atoms with E-state index in [9.17, 15) is 10.1 Å². The minimum absolute atomic E-state index is 0.0671. The fraction of sp³-hybridized carbons (Fsp3) is 0.357. The molecule has 3 aromatic carbocycles. The number of primary amides is 1. The SMILES string of the molecule is N#Cc1ccc2c(N3CCCN(CC[C@@H]4OCCc5cc(C(N)=O)ccc54)CC3)cccc2c1. The van der Waals surface area contributed by atoms with Crippen molar-refractivity contribution in [3.63, 3.8) is 0 Å². The fourth-order valence-corrected chi connectivity index (χ4v) is 5.28. The van der Waals surface area contributed by atoms with Crippen LogP contribution in [0.4, 0.5) is 5.69 Å². The van der Waals surface area contributed by atoms with Gasteiger partial charge in [0.15, 0.2) is 0 Å². The van der Waals surface area contributed by atoms with Crippen LogP contribution in [-0.2, 0) is 11.2 Å². The normalized spacial score (nSPS) is 18.8. The molecule has 0 saturated carbocycles. The zero-order valence-corrected chi connectivity index (χ0v) is 19.4. The predicted octanol–water partition coefficient (Wildman–Crippen LogP) is 4.03. The fourth-order valence-electron chi connectivity index (χ4n) is 5.28. The van der Waals surface area contributed by atoms with Gasteiger partial charge in [-0.1, -0.05) is 24.3 Å². The van der Waals surface area contributed by atoms with E-state index in [0.717, 1.165) is 57.4 Å². The first-order valence-corrected chi connectivity index (χ1v) is 12.1. The van der Waals surface area contributed by atoms with Crippen LogP contribution < -0.4 is 10.6 Å². The van der Waals surface area contributed by atoms with Gasteiger partial charge in [-0.05, 0) is 72.7 Å². The Morgan fingerprint density at radius 3 is 2.85 bits per heavy atom. The Kier molecular flexibility index (Phi) is 6.48. The van der Waals surface area contributed by atoms with Crippen molar-refractivity contribution < 1.29 is 9.53 Å². The van der Waals surface area contributed by atoms with Gasteiger partial charge in [-0.25, -0.2) is 0 Å². The lowest BCUT2D eigenvalue weighted by atomic mass is 9.93. The largest absolute Gasteiger partial charge is 0.373 e. The Hall–Kier alpha value is -3.40. The third-order valence-corrected chi connectivity index (χ3v) is 7.09. The smallest absolute Gasteiger partial charge is 0.248 e. The third kappa shape index (κ3) is 4.63. The molecule has 0 unspecified atom stereocenters. The number of carbonyl (C=O) groups excluding carboxylic acids is 1. The van der Waals surface area contributed by atoms with E-state index in [-0.39, 0.29) is 12.0 Å². The molecular formula is C28H30N4O2. The highest BCUT2D eigenvalue weighted by Crippen LogP contribution is 2.31. The summed E-state index contributed by atoms with van der Waals surface area (Å²) in [5.41, 5.74) is 10.4. The number of hydrogen-bond donors (Lipinski definition) is 1. The zero-order chi connectivity index (χ0) is 23.5. The second-order valence-corrected chi connectivity index (χ2v) is 9.18. The third-order valence-electron chi connectivity index (χ3n) is 7.09. The van der Waals surface area contributed by atoms with E-state index in [1.165, 1.54) is 22.2 Å². The summed E-state index contributed by atoms with van der Waals surface area (Å²) in [6, 6.07) is 20.3. The molecule has 1 amide bonds. The van der Waals surface area contributed by atoms with Crippen LogP contribution in [-0.4, -0.2) is 50.1 Å². The van der Waals surface area contributed by atoms with Gasteiger partial charge in [0.05, 0.1) is 24.3 Å². The first kappa shape index (κ1) is 22.4. The molecule has 2 heterocycles. The van der Waals surface area contributed by atoms with E-state index in [2.05, 4.69) is 40.1 Å². The lowest BCUT2D eigenvalue weighted by Gasteiger charge is -2.29. The zero-order valence-electron chi connectivity index (χ0n) is 19.4. The van der Waals surface area contributed by atoms with E-state index in [1.807, 2.05) is 30.3 Å². The molecule has 0 radical (unpaired) electrons. The molecule has 2 N–H and O–H groups in total. The second kappa shape index (κ2) is 9.84. The molecule has 2 aliphatic heterocycles. The molecule has 3 aromatic rings. The van der Waals surface area contributed by atoms with Crippen molar-refractivity contribution in [1.82, 2.24) is 4.90 Å². The number of fused-ring (bicyclic) bond motifs is 2. The van der Waals surface area contributed by atoms with Crippen LogP contribution >= 0.6 is 0 Å². The highest BCUT2D eigenvalue weighted by molar-refractivity contribution is 5.95. The van der Waals surface area contributed by atoms with Crippen molar-refractivity contribution in [2.45, 2.75) is 25.4 Å². The van der Waals surface area contributed by atoms with Gasteiger partial charge in [0, 0.05) is 42.8 Å². The number of rotatable bonds is 5. The summed E-state index contributed by atoms with van der Waals surface area (Å²) in [5, 5.41) is 11.5. The average Bonchev–Trinajstić information content (AvgIpc) is 3.12. The number of hydrogen-bond acceptors (Lipinski definition) is 5. The number of nitrogens with zero attached hydrogens (tertiary/aromatic N) is 3. The van der Waals surface area contributed by atoms with Crippen LogP contribution in [0.5, 0.6) is 0 Å². The molecule has 6 heteroatoms. The number of nitrogens with two attached hydrogens (primary N) is 1. The monoisotopic (exact) mass is 454 g/mol. The average molecular weight is 455 g/mol. The molecule has 0 spiro atoms. The number of nitriles is 1. The van der Waals surface area contributed by atoms with Crippen molar-refractivity contribution in [2.24, 2.45) is 5.73 Å². The van der Waals surface area contributed by atoms with Crippen molar-refractivity contribution in [3.8, 4) is 6.07 Å². The molecule has 1 atom stereocenters. The molecule has 174 valence electrons. The van der Waals surface area contributed by atoms with Gasteiger partial charge in [-0.2, -0.15) is 5.26 Å². The van der Waals surface area contributed by atoms with E-state index >= 15 is 0 Å². The maximum Gasteiger partial charge on any atom is 0.248 e. The topological polar surface area (TPSA) is 82.6 Å². The molecule has 1 fully saturated rings. The van der Waals surface area contributed by atoms with Crippen molar-refractivity contribution in [3.05, 3.63) is 76.9 Å². The van der Waals surface area contributed by atoms with Gasteiger partial charge < -0.3 is 20.3 Å². The molecule has 1 saturated heterocycles. The summed E-state index contributed by atoms with van der Waals surface area (Å²) in [5.74, 6) is -0.378. The van der Waals surface area contributed by atoms with E-state index in [0.29, 0.717) is 17.7 Å². The summed E-state index contributed by atoms with van der Waals surface area (Å²) < 4.78 is 6.11. The Labute approximate surface area is 200 Å². The van der Waals surface area contributed by atoms with Crippen LogP contribution in [0.25, 0.3) is 10.8 Å². The van der Waals surface area contributed by atoms with Crippen molar-refractivity contribution in [1.29, 1.82) is 5.26 Å². The Morgan fingerprint density at radius 2 is 2.00 bits per heavy atom. The van der Waals surface area contributed by atoms with Gasteiger partial charge in [-0.3, -0.25) is 4.79 Å². The standard InChI is InChI=1S/C28H30N4O2/c29-19-20-5-7-24-21(17-20)3-1-4-26(24)32-12-2-11-31(14-15-32)13-9-27-25-8-6-23(28(30)33)18-22(25)10-16-34-27/h1,3-8,17-18,27H,2,9-16H2,(H2,30,33)/t27-/m0/s1. The number of carbonyl (C=O) groups is 1. The Morgan fingerprint density at radius 1 is 1.09 bits per heavy atom. The summed E-state index contributed by atoms with van der Waals surface area (Å²) in [6.07, 6.45) is 2.94. The molecule has 0 aromatic heterocycles. The van der Waals surface area contributed by atoms with Crippen molar-refractivity contribution in [2.75, 3.05) is 44.2 Å². The molecule has 2 aliphatic rings. The minimum atomic E-state index is -0.378. The Balaban J connectivity index is 1.24. The van der Waals surface area contributed by atoms with Crippen LogP contribution in [0, 0.1) is 11.3 Å². The lowest BCUT2D eigenvalue weighted by Crippen LogP contribution is -2.32. The molecule has 34 heavy (non-hydrogen) atoms. The van der Waals surface area contributed by atoms with Crippen LogP contribution in [0.15, 0.2) is 54.6 Å². The highest BCUT2D eigenvalue weighted by atomic mass is 16.5. The highest BCUT2D eigenvalue weighted by Gasteiger charge is 2.23. The number of ether oxygens (including phenoxy) is 1. The van der Waals surface area contributed by atoms with Crippen LogP contribution in [0.2, 0.25) is 0 Å². The van der Waals surface area contributed by atoms with E-state index in [1.54, 1.807) is 0 Å². The van der Waals surface area contributed by atoms with Crippen molar-refractivity contribution >= 4 is 22.4 Å². The number of benzene rings is 3. The molecule has 0 aliphatic carbocycles. The van der Waals surface area contributed by atoms with Gasteiger partial charge in [0.2, 0.25) is 5.91 Å². The molecule has 6 nitrogen and oxygen atoms in total. The Bertz CT molecular complexity index is 1250. The summed E-state index contributed by atoms with van der Waals surface area (Å²) >= 11 is 0. The quantitative estimate of drug-likeness (QED) is 0.630. The van der Waals surface area contributed by atoms with Gasteiger partial charge in [0.1, 0.15) is 0 Å². The molecular weight excluding hydrogens is 424 g/mol. The van der Waals surface area contributed by atoms with Gasteiger partial charge in [0.25, 0.3) is 0 Å².